The number of sulfonamides is 1. The van der Waals surface area contributed by atoms with Gasteiger partial charge in [0.05, 0.1) is 25.1 Å². The van der Waals surface area contributed by atoms with Crippen molar-refractivity contribution in [2.45, 2.75) is 51.8 Å². The van der Waals surface area contributed by atoms with E-state index >= 15 is 0 Å². The minimum atomic E-state index is -3.77. The molecule has 0 aliphatic carbocycles. The highest BCUT2D eigenvalue weighted by Gasteiger charge is 2.37. The van der Waals surface area contributed by atoms with Crippen LogP contribution in [0.3, 0.4) is 0 Å². The van der Waals surface area contributed by atoms with Crippen LogP contribution in [0.4, 0.5) is 5.69 Å². The van der Waals surface area contributed by atoms with Crippen LogP contribution in [0.2, 0.25) is 0 Å². The Balaban J connectivity index is 1.94. The molecular weight excluding hydrogens is 416 g/mol. The van der Waals surface area contributed by atoms with E-state index in [0.29, 0.717) is 17.9 Å². The highest BCUT2D eigenvalue weighted by atomic mass is 32.2. The molecule has 0 spiro atoms. The summed E-state index contributed by atoms with van der Waals surface area (Å²) < 4.78 is 38.0. The Hall–Kier alpha value is -2.74. The second kappa shape index (κ2) is 8.42. The van der Waals surface area contributed by atoms with Gasteiger partial charge in [-0.25, -0.2) is 8.42 Å². The maximum atomic E-state index is 13.3. The number of benzene rings is 2. The molecule has 0 saturated heterocycles. The van der Waals surface area contributed by atoms with E-state index in [1.165, 1.54) is 7.11 Å². The van der Waals surface area contributed by atoms with Crippen molar-refractivity contribution in [2.24, 2.45) is 0 Å². The first-order valence-electron chi connectivity index (χ1n) is 10.2. The molecule has 0 bridgehead atoms. The summed E-state index contributed by atoms with van der Waals surface area (Å²) >= 11 is 0. The van der Waals surface area contributed by atoms with Crippen molar-refractivity contribution in [3.63, 3.8) is 0 Å². The van der Waals surface area contributed by atoms with Gasteiger partial charge in [-0.1, -0.05) is 24.3 Å². The number of fused-ring (bicyclic) bond motifs is 1. The van der Waals surface area contributed by atoms with Gasteiger partial charge in [0.25, 0.3) is 0 Å². The van der Waals surface area contributed by atoms with Gasteiger partial charge in [-0.05, 0) is 51.5 Å². The van der Waals surface area contributed by atoms with Crippen molar-refractivity contribution in [3.05, 3.63) is 53.6 Å². The highest BCUT2D eigenvalue weighted by Crippen LogP contribution is 2.39. The quantitative estimate of drug-likeness (QED) is 0.733. The second-order valence-corrected chi connectivity index (χ2v) is 10.4. The van der Waals surface area contributed by atoms with Crippen molar-refractivity contribution >= 4 is 21.6 Å². The zero-order valence-corrected chi connectivity index (χ0v) is 19.6. The predicted octanol–water partition coefficient (Wildman–Crippen LogP) is 3.58. The summed E-state index contributed by atoms with van der Waals surface area (Å²) in [4.78, 5) is 13.3. The summed E-state index contributed by atoms with van der Waals surface area (Å²) in [6.07, 6.45) is 1.65. The van der Waals surface area contributed by atoms with Crippen LogP contribution < -0.4 is 19.1 Å². The first-order chi connectivity index (χ1) is 14.4. The number of methoxy groups -OCH3 is 1. The lowest BCUT2D eigenvalue weighted by atomic mass is 9.89. The van der Waals surface area contributed by atoms with Gasteiger partial charge in [-0.3, -0.25) is 9.10 Å². The van der Waals surface area contributed by atoms with Crippen molar-refractivity contribution in [1.82, 2.24) is 5.32 Å². The molecule has 7 nitrogen and oxygen atoms in total. The number of hydrogen-bond donors (Lipinski definition) is 1. The van der Waals surface area contributed by atoms with E-state index in [4.69, 9.17) is 9.47 Å². The third-order valence-corrected chi connectivity index (χ3v) is 6.58. The number of amides is 1. The van der Waals surface area contributed by atoms with E-state index in [2.05, 4.69) is 5.32 Å². The number of carbonyl (C=O) groups excluding carboxylic acids is 1. The van der Waals surface area contributed by atoms with Crippen LogP contribution in [0.25, 0.3) is 0 Å². The number of hydrogen-bond acceptors (Lipinski definition) is 5. The zero-order chi connectivity index (χ0) is 23.0. The van der Waals surface area contributed by atoms with E-state index in [1.54, 1.807) is 19.1 Å². The molecule has 0 fully saturated rings. The standard InChI is InChI=1S/C23H30N2O5S/c1-15-11-12-21(29-5)19(13-15)25(31(6,27)28)16(2)22(26)24-18-14-23(3,4)30-20-10-8-7-9-17(18)20/h7-13,16,18H,14H2,1-6H3,(H,24,26)/t16-,18+/m1/s1. The van der Waals surface area contributed by atoms with E-state index in [1.807, 2.05) is 51.1 Å². The average Bonchev–Trinajstić information content (AvgIpc) is 2.66. The van der Waals surface area contributed by atoms with Crippen LogP contribution in [0, 0.1) is 6.92 Å². The van der Waals surface area contributed by atoms with Gasteiger partial charge in [0, 0.05) is 12.0 Å². The van der Waals surface area contributed by atoms with Crippen molar-refractivity contribution in [3.8, 4) is 11.5 Å². The van der Waals surface area contributed by atoms with Crippen LogP contribution in [-0.4, -0.2) is 39.3 Å². The molecule has 1 N–H and O–H groups in total. The monoisotopic (exact) mass is 446 g/mol. The Bertz CT molecular complexity index is 1080. The third-order valence-electron chi connectivity index (χ3n) is 5.35. The van der Waals surface area contributed by atoms with Crippen LogP contribution in [0.15, 0.2) is 42.5 Å². The van der Waals surface area contributed by atoms with E-state index < -0.39 is 27.6 Å². The first-order valence-corrected chi connectivity index (χ1v) is 12.0. The number of aryl methyl sites for hydroxylation is 1. The fraction of sp³-hybridized carbons (Fsp3) is 0.435. The Morgan fingerprint density at radius 3 is 2.58 bits per heavy atom. The number of anilines is 1. The van der Waals surface area contributed by atoms with Crippen LogP contribution in [0.1, 0.15) is 44.4 Å². The molecule has 2 aromatic carbocycles. The fourth-order valence-electron chi connectivity index (χ4n) is 3.98. The van der Waals surface area contributed by atoms with E-state index in [0.717, 1.165) is 27.4 Å². The molecule has 1 aliphatic rings. The fourth-order valence-corrected chi connectivity index (χ4v) is 5.15. The summed E-state index contributed by atoms with van der Waals surface area (Å²) in [6, 6.07) is 11.5. The van der Waals surface area contributed by atoms with Crippen molar-refractivity contribution in [2.75, 3.05) is 17.7 Å². The molecule has 2 aromatic rings. The number of para-hydroxylation sites is 1. The lowest BCUT2D eigenvalue weighted by Gasteiger charge is -2.38. The summed E-state index contributed by atoms with van der Waals surface area (Å²) in [5.41, 5.74) is 1.60. The first kappa shape index (κ1) is 22.9. The molecule has 2 atom stereocenters. The van der Waals surface area contributed by atoms with Gasteiger partial charge < -0.3 is 14.8 Å². The SMILES string of the molecule is COc1ccc(C)cc1N([C@H](C)C(=O)N[C@H]1CC(C)(C)Oc2ccccc21)S(C)(=O)=O. The predicted molar refractivity (Wildman–Crippen MR) is 121 cm³/mol. The van der Waals surface area contributed by atoms with Gasteiger partial charge in [0.1, 0.15) is 23.1 Å². The number of nitrogens with zero attached hydrogens (tertiary/aromatic N) is 1. The molecule has 0 unspecified atom stereocenters. The molecule has 8 heteroatoms. The largest absolute Gasteiger partial charge is 0.495 e. The summed E-state index contributed by atoms with van der Waals surface area (Å²) in [5.74, 6) is 0.705. The molecular formula is C23H30N2O5S. The van der Waals surface area contributed by atoms with Gasteiger partial charge in [-0.15, -0.1) is 0 Å². The Labute approximate surface area is 184 Å². The van der Waals surface area contributed by atoms with Crippen LogP contribution >= 0.6 is 0 Å². The minimum absolute atomic E-state index is 0.296. The van der Waals surface area contributed by atoms with Gasteiger partial charge >= 0.3 is 0 Å². The molecule has 1 heterocycles. The molecule has 168 valence electrons. The Morgan fingerprint density at radius 1 is 1.26 bits per heavy atom. The maximum absolute atomic E-state index is 13.3. The highest BCUT2D eigenvalue weighted by molar-refractivity contribution is 7.92. The topological polar surface area (TPSA) is 84.9 Å². The van der Waals surface area contributed by atoms with Crippen molar-refractivity contribution < 1.29 is 22.7 Å². The Morgan fingerprint density at radius 2 is 1.94 bits per heavy atom. The molecule has 0 saturated carbocycles. The lowest BCUT2D eigenvalue weighted by molar-refractivity contribution is -0.123. The number of rotatable bonds is 6. The summed E-state index contributed by atoms with van der Waals surface area (Å²) in [5, 5.41) is 3.04. The minimum Gasteiger partial charge on any atom is -0.495 e. The van der Waals surface area contributed by atoms with Crippen LogP contribution in [0.5, 0.6) is 11.5 Å². The maximum Gasteiger partial charge on any atom is 0.244 e. The smallest absolute Gasteiger partial charge is 0.244 e. The molecule has 0 radical (unpaired) electrons. The lowest BCUT2D eigenvalue weighted by Crippen LogP contribution is -2.50. The van der Waals surface area contributed by atoms with E-state index in [-0.39, 0.29) is 6.04 Å². The van der Waals surface area contributed by atoms with Gasteiger partial charge in [0.2, 0.25) is 15.9 Å². The zero-order valence-electron chi connectivity index (χ0n) is 18.8. The molecule has 1 aliphatic heterocycles. The Kier molecular flexibility index (Phi) is 6.23. The van der Waals surface area contributed by atoms with Crippen LogP contribution in [-0.2, 0) is 14.8 Å². The van der Waals surface area contributed by atoms with Gasteiger partial charge in [-0.2, -0.15) is 0 Å². The number of carbonyl (C=O) groups is 1. The van der Waals surface area contributed by atoms with E-state index in [9.17, 15) is 13.2 Å². The molecule has 1 amide bonds. The summed E-state index contributed by atoms with van der Waals surface area (Å²) in [7, 11) is -2.30. The number of ether oxygens (including phenoxy) is 2. The molecule has 31 heavy (non-hydrogen) atoms. The average molecular weight is 447 g/mol. The second-order valence-electron chi connectivity index (χ2n) is 8.57. The van der Waals surface area contributed by atoms with Gasteiger partial charge in [0.15, 0.2) is 0 Å². The summed E-state index contributed by atoms with van der Waals surface area (Å²) in [6.45, 7) is 7.36. The third kappa shape index (κ3) is 4.95. The normalized spacial score (nSPS) is 18.3. The molecule has 3 rings (SSSR count). The number of nitrogens with one attached hydrogen (secondary N) is 1. The molecule has 0 aromatic heterocycles. The van der Waals surface area contributed by atoms with Crippen molar-refractivity contribution in [1.29, 1.82) is 0 Å².